The molecule has 0 aromatic carbocycles. The number of hydrogen-bond donors (Lipinski definition) is 5. The Morgan fingerprint density at radius 1 is 0.472 bits per heavy atom. The highest BCUT2D eigenvalue weighted by atomic mass is 16.5. The minimum Gasteiger partial charge on any atom is -0.481 e. The van der Waals surface area contributed by atoms with Crippen LogP contribution < -0.4 is 16.0 Å². The summed E-state index contributed by atoms with van der Waals surface area (Å²) in [5.74, 6) is -2.85. The molecule has 0 spiro atoms. The average Bonchev–Trinajstić information content (AvgIpc) is 3.11. The molecular formula is C38H69N3O12. The Bertz CT molecular complexity index is 982. The molecule has 1 unspecified atom stereocenters. The molecule has 308 valence electrons. The molecule has 0 fully saturated rings. The van der Waals surface area contributed by atoms with Gasteiger partial charge in [-0.3, -0.25) is 24.0 Å². The van der Waals surface area contributed by atoms with Gasteiger partial charge in [-0.25, -0.2) is 4.79 Å². The Labute approximate surface area is 316 Å². The fraction of sp³-hybridized carbons (Fsp3) is 0.842. The van der Waals surface area contributed by atoms with Crippen LogP contribution in [0.1, 0.15) is 135 Å². The molecule has 15 nitrogen and oxygen atoms in total. The Balaban J connectivity index is 3.60. The van der Waals surface area contributed by atoms with Crippen molar-refractivity contribution in [3.05, 3.63) is 0 Å². The third-order valence-electron chi connectivity index (χ3n) is 8.20. The van der Waals surface area contributed by atoms with Crippen LogP contribution in [0.5, 0.6) is 0 Å². The number of carbonyl (C=O) groups excluding carboxylic acids is 4. The standard InChI is InChI=1S/C38H69N3O12/c1-32(42)30-53-31-36(45)40-23-17-25-51-27-29-52-28-26-50-24-16-22-39-34(43)21-20-33(38(48)49)41-35(44)18-14-12-10-8-6-4-2-3-5-7-9-11-13-15-19-37(46)47/h33H,2-31H2,1H3,(H,39,43)(H,40,45)(H,41,44)(H,46,47)(H,48,49). The maximum Gasteiger partial charge on any atom is 0.326 e. The maximum atomic E-state index is 12.3. The zero-order valence-electron chi connectivity index (χ0n) is 32.3. The molecule has 0 rings (SSSR count). The SMILES string of the molecule is CC(=O)COCC(=O)NCCCOCCOCCOCCCNC(=O)CCC(NC(=O)CCCCCCCCCCCCCCCCC(=O)O)C(=O)O. The summed E-state index contributed by atoms with van der Waals surface area (Å²) in [5.41, 5.74) is 0. The predicted molar refractivity (Wildman–Crippen MR) is 200 cm³/mol. The first-order valence-electron chi connectivity index (χ1n) is 19.7. The molecule has 0 saturated heterocycles. The highest BCUT2D eigenvalue weighted by Gasteiger charge is 2.20. The summed E-state index contributed by atoms with van der Waals surface area (Å²) in [6, 6.07) is -1.10. The quantitative estimate of drug-likeness (QED) is 0.0552. The van der Waals surface area contributed by atoms with E-state index in [0.717, 1.165) is 38.5 Å². The largest absolute Gasteiger partial charge is 0.481 e. The molecule has 0 aromatic rings. The van der Waals surface area contributed by atoms with E-state index in [1.165, 1.54) is 51.9 Å². The number of nitrogens with one attached hydrogen (secondary N) is 3. The van der Waals surface area contributed by atoms with Crippen LogP contribution in [0.2, 0.25) is 0 Å². The number of carbonyl (C=O) groups is 6. The Hall–Kier alpha value is -3.14. The minimum absolute atomic E-state index is 0.00553. The maximum absolute atomic E-state index is 12.3. The Kier molecular flexibility index (Phi) is 35.0. The smallest absolute Gasteiger partial charge is 0.326 e. The van der Waals surface area contributed by atoms with Crippen molar-refractivity contribution in [2.45, 2.75) is 141 Å². The number of aliphatic carboxylic acids is 2. The first-order chi connectivity index (χ1) is 25.6. The zero-order valence-corrected chi connectivity index (χ0v) is 32.3. The molecule has 0 heterocycles. The Morgan fingerprint density at radius 2 is 0.906 bits per heavy atom. The second kappa shape index (κ2) is 37.2. The number of amides is 3. The number of ketones is 1. The summed E-state index contributed by atoms with van der Waals surface area (Å²) in [6.45, 7) is 4.54. The fourth-order valence-corrected chi connectivity index (χ4v) is 5.26. The van der Waals surface area contributed by atoms with Gasteiger partial charge in [0.15, 0.2) is 5.78 Å². The van der Waals surface area contributed by atoms with E-state index in [1.54, 1.807) is 0 Å². The molecule has 0 radical (unpaired) electrons. The van der Waals surface area contributed by atoms with Gasteiger partial charge in [0.2, 0.25) is 17.7 Å². The van der Waals surface area contributed by atoms with Crippen molar-refractivity contribution in [2.75, 3.05) is 65.9 Å². The molecule has 0 aliphatic carbocycles. The fourth-order valence-electron chi connectivity index (χ4n) is 5.26. The van der Waals surface area contributed by atoms with Crippen LogP contribution in [0, 0.1) is 0 Å². The van der Waals surface area contributed by atoms with Crippen LogP contribution in [-0.4, -0.2) is 118 Å². The lowest BCUT2D eigenvalue weighted by Gasteiger charge is -2.14. The van der Waals surface area contributed by atoms with Gasteiger partial charge in [0.25, 0.3) is 0 Å². The van der Waals surface area contributed by atoms with E-state index in [4.69, 9.17) is 24.1 Å². The number of Topliss-reactive ketones (excluding diaryl/α,β-unsaturated/α-hetero) is 1. The second-order valence-electron chi connectivity index (χ2n) is 13.3. The van der Waals surface area contributed by atoms with Crippen LogP contribution in [0.4, 0.5) is 0 Å². The van der Waals surface area contributed by atoms with Gasteiger partial charge in [-0.05, 0) is 39.0 Å². The van der Waals surface area contributed by atoms with E-state index in [0.29, 0.717) is 72.0 Å². The third kappa shape index (κ3) is 38.4. The lowest BCUT2D eigenvalue weighted by molar-refractivity contribution is -0.142. The number of carboxylic acids is 2. The summed E-state index contributed by atoms with van der Waals surface area (Å²) >= 11 is 0. The number of carboxylic acid groups (broad SMARTS) is 2. The van der Waals surface area contributed by atoms with Gasteiger partial charge in [0.1, 0.15) is 19.3 Å². The first-order valence-corrected chi connectivity index (χ1v) is 19.7. The summed E-state index contributed by atoms with van der Waals surface area (Å²) in [5, 5.41) is 26.1. The van der Waals surface area contributed by atoms with Gasteiger partial charge in [0, 0.05) is 45.6 Å². The van der Waals surface area contributed by atoms with Crippen LogP contribution in [0.25, 0.3) is 0 Å². The number of rotatable bonds is 40. The topological polar surface area (TPSA) is 216 Å². The van der Waals surface area contributed by atoms with E-state index in [1.807, 2.05) is 0 Å². The molecule has 15 heteroatoms. The van der Waals surface area contributed by atoms with E-state index in [2.05, 4.69) is 16.0 Å². The monoisotopic (exact) mass is 759 g/mol. The second-order valence-corrected chi connectivity index (χ2v) is 13.3. The van der Waals surface area contributed by atoms with Gasteiger partial charge in [-0.15, -0.1) is 0 Å². The molecule has 0 aliphatic rings. The molecule has 1 atom stereocenters. The van der Waals surface area contributed by atoms with Crippen molar-refractivity contribution in [3.8, 4) is 0 Å². The van der Waals surface area contributed by atoms with Gasteiger partial charge in [0.05, 0.1) is 26.4 Å². The normalized spacial score (nSPS) is 11.6. The van der Waals surface area contributed by atoms with E-state index in [9.17, 15) is 33.9 Å². The van der Waals surface area contributed by atoms with Crippen molar-refractivity contribution >= 4 is 35.4 Å². The van der Waals surface area contributed by atoms with Crippen molar-refractivity contribution in [3.63, 3.8) is 0 Å². The molecule has 0 saturated carbocycles. The van der Waals surface area contributed by atoms with Gasteiger partial charge in [-0.1, -0.05) is 77.0 Å². The lowest BCUT2D eigenvalue weighted by Crippen LogP contribution is -2.41. The average molecular weight is 760 g/mol. The highest BCUT2D eigenvalue weighted by Crippen LogP contribution is 2.14. The van der Waals surface area contributed by atoms with E-state index >= 15 is 0 Å². The molecule has 0 bridgehead atoms. The summed E-state index contributed by atoms with van der Waals surface area (Å²) < 4.78 is 21.3. The minimum atomic E-state index is -1.15. The van der Waals surface area contributed by atoms with E-state index in [-0.39, 0.29) is 62.4 Å². The van der Waals surface area contributed by atoms with Crippen LogP contribution >= 0.6 is 0 Å². The van der Waals surface area contributed by atoms with Gasteiger partial charge < -0.3 is 45.1 Å². The Morgan fingerprint density at radius 3 is 1.36 bits per heavy atom. The number of ether oxygens (including phenoxy) is 4. The van der Waals surface area contributed by atoms with Crippen LogP contribution in [-0.2, 0) is 47.7 Å². The number of unbranched alkanes of at least 4 members (excludes halogenated alkanes) is 13. The van der Waals surface area contributed by atoms with Gasteiger partial charge in [-0.2, -0.15) is 0 Å². The van der Waals surface area contributed by atoms with Crippen molar-refractivity contribution in [1.29, 1.82) is 0 Å². The summed E-state index contributed by atoms with van der Waals surface area (Å²) in [7, 11) is 0. The molecule has 5 N–H and O–H groups in total. The van der Waals surface area contributed by atoms with Crippen molar-refractivity contribution < 1.29 is 57.9 Å². The summed E-state index contributed by atoms with van der Waals surface area (Å²) in [6.07, 6.45) is 17.0. The lowest BCUT2D eigenvalue weighted by atomic mass is 10.0. The summed E-state index contributed by atoms with van der Waals surface area (Å²) in [4.78, 5) is 68.8. The van der Waals surface area contributed by atoms with Gasteiger partial charge >= 0.3 is 11.9 Å². The highest BCUT2D eigenvalue weighted by molar-refractivity contribution is 5.84. The first kappa shape index (κ1) is 49.9. The molecule has 53 heavy (non-hydrogen) atoms. The molecular weight excluding hydrogens is 690 g/mol. The predicted octanol–water partition coefficient (Wildman–Crippen LogP) is 4.33. The number of hydrogen-bond acceptors (Lipinski definition) is 10. The van der Waals surface area contributed by atoms with Crippen LogP contribution in [0.15, 0.2) is 0 Å². The van der Waals surface area contributed by atoms with Crippen LogP contribution in [0.3, 0.4) is 0 Å². The molecule has 3 amide bonds. The third-order valence-corrected chi connectivity index (χ3v) is 8.20. The molecule has 0 aliphatic heterocycles. The van der Waals surface area contributed by atoms with Crippen molar-refractivity contribution in [2.24, 2.45) is 0 Å². The molecule has 0 aromatic heterocycles. The zero-order chi connectivity index (χ0) is 39.2. The van der Waals surface area contributed by atoms with Crippen molar-refractivity contribution in [1.82, 2.24) is 16.0 Å². The van der Waals surface area contributed by atoms with E-state index < -0.39 is 18.0 Å².